The summed E-state index contributed by atoms with van der Waals surface area (Å²) in [6, 6.07) is 3.94. The van der Waals surface area contributed by atoms with Crippen molar-refractivity contribution in [1.29, 1.82) is 0 Å². The van der Waals surface area contributed by atoms with E-state index in [-0.39, 0.29) is 11.9 Å². The maximum atomic E-state index is 12.0. The van der Waals surface area contributed by atoms with Gasteiger partial charge in [0.05, 0.1) is 18.8 Å². The van der Waals surface area contributed by atoms with Crippen molar-refractivity contribution < 1.29 is 9.21 Å². The molecule has 2 N–H and O–H groups in total. The zero-order chi connectivity index (χ0) is 12.8. The highest BCUT2D eigenvalue weighted by atomic mass is 16.3. The maximum absolute atomic E-state index is 12.0. The predicted molar refractivity (Wildman–Crippen MR) is 70.0 cm³/mol. The number of hydrogen-bond donors (Lipinski definition) is 2. The first-order valence-corrected chi connectivity index (χ1v) is 6.82. The van der Waals surface area contributed by atoms with Gasteiger partial charge in [-0.2, -0.15) is 0 Å². The van der Waals surface area contributed by atoms with Crippen LogP contribution in [-0.4, -0.2) is 18.0 Å². The SMILES string of the molecule is CC(NCc1ccco1)C(=O)NC1CCCCC1. The lowest BCUT2D eigenvalue weighted by molar-refractivity contribution is -0.123. The van der Waals surface area contributed by atoms with Crippen molar-refractivity contribution in [3.05, 3.63) is 24.2 Å². The highest BCUT2D eigenvalue weighted by molar-refractivity contribution is 5.81. The quantitative estimate of drug-likeness (QED) is 0.842. The average Bonchev–Trinajstić information content (AvgIpc) is 2.90. The van der Waals surface area contributed by atoms with Crippen LogP contribution in [0.15, 0.2) is 22.8 Å². The van der Waals surface area contributed by atoms with E-state index in [1.54, 1.807) is 6.26 Å². The van der Waals surface area contributed by atoms with Gasteiger partial charge in [-0.15, -0.1) is 0 Å². The highest BCUT2D eigenvalue weighted by Gasteiger charge is 2.19. The second-order valence-electron chi connectivity index (χ2n) is 5.03. The van der Waals surface area contributed by atoms with Gasteiger partial charge in [0.1, 0.15) is 5.76 Å². The molecule has 1 fully saturated rings. The fraction of sp³-hybridized carbons (Fsp3) is 0.643. The molecule has 0 radical (unpaired) electrons. The third kappa shape index (κ3) is 3.88. The molecule has 1 heterocycles. The van der Waals surface area contributed by atoms with Gasteiger partial charge in [0.15, 0.2) is 0 Å². The van der Waals surface area contributed by atoms with Crippen molar-refractivity contribution in [2.75, 3.05) is 0 Å². The largest absolute Gasteiger partial charge is 0.468 e. The minimum atomic E-state index is -0.183. The van der Waals surface area contributed by atoms with Gasteiger partial charge in [-0.3, -0.25) is 10.1 Å². The number of hydrogen-bond acceptors (Lipinski definition) is 3. The van der Waals surface area contributed by atoms with Crippen LogP contribution >= 0.6 is 0 Å². The van der Waals surface area contributed by atoms with Gasteiger partial charge in [-0.05, 0) is 31.9 Å². The Morgan fingerprint density at radius 1 is 1.44 bits per heavy atom. The first-order chi connectivity index (χ1) is 8.75. The molecule has 100 valence electrons. The lowest BCUT2D eigenvalue weighted by atomic mass is 9.95. The standard InChI is InChI=1S/C14H22N2O2/c1-11(15-10-13-8-5-9-18-13)14(17)16-12-6-3-2-4-7-12/h5,8-9,11-12,15H,2-4,6-7,10H2,1H3,(H,16,17). The number of carbonyl (C=O) groups excluding carboxylic acids is 1. The van der Waals surface area contributed by atoms with Gasteiger partial charge in [-0.1, -0.05) is 19.3 Å². The predicted octanol–water partition coefficient (Wildman–Crippen LogP) is 2.21. The molecule has 2 rings (SSSR count). The molecule has 1 aromatic heterocycles. The summed E-state index contributed by atoms with van der Waals surface area (Å²) in [5.41, 5.74) is 0. The Hall–Kier alpha value is -1.29. The monoisotopic (exact) mass is 250 g/mol. The van der Waals surface area contributed by atoms with Gasteiger partial charge in [0, 0.05) is 6.04 Å². The number of furan rings is 1. The van der Waals surface area contributed by atoms with Crippen molar-refractivity contribution in [1.82, 2.24) is 10.6 Å². The fourth-order valence-electron chi connectivity index (χ4n) is 2.33. The summed E-state index contributed by atoms with van der Waals surface area (Å²) in [6.07, 6.45) is 7.66. The van der Waals surface area contributed by atoms with Crippen molar-refractivity contribution in [3.63, 3.8) is 0 Å². The van der Waals surface area contributed by atoms with Gasteiger partial charge < -0.3 is 9.73 Å². The second kappa shape index (κ2) is 6.59. The Labute approximate surface area is 108 Å². The van der Waals surface area contributed by atoms with Crippen molar-refractivity contribution in [2.24, 2.45) is 0 Å². The zero-order valence-electron chi connectivity index (χ0n) is 10.9. The number of rotatable bonds is 5. The molecule has 1 unspecified atom stereocenters. The zero-order valence-corrected chi connectivity index (χ0v) is 10.9. The van der Waals surface area contributed by atoms with E-state index in [1.807, 2.05) is 19.1 Å². The minimum absolute atomic E-state index is 0.0912. The Kier molecular flexibility index (Phi) is 4.81. The molecular weight excluding hydrogens is 228 g/mol. The molecule has 18 heavy (non-hydrogen) atoms. The molecule has 0 aromatic carbocycles. The first kappa shape index (κ1) is 13.1. The first-order valence-electron chi connectivity index (χ1n) is 6.82. The smallest absolute Gasteiger partial charge is 0.237 e. The molecular formula is C14H22N2O2. The molecule has 1 aromatic rings. The van der Waals surface area contributed by atoms with Crippen molar-refractivity contribution in [3.8, 4) is 0 Å². The third-order valence-corrected chi connectivity index (χ3v) is 3.51. The number of amides is 1. The summed E-state index contributed by atoms with van der Waals surface area (Å²) in [5, 5.41) is 6.29. The Bertz CT molecular complexity index is 356. The molecule has 1 aliphatic carbocycles. The van der Waals surface area contributed by atoms with E-state index in [9.17, 15) is 4.79 Å². The van der Waals surface area contributed by atoms with Crippen LogP contribution in [0.3, 0.4) is 0 Å². The van der Waals surface area contributed by atoms with E-state index < -0.39 is 0 Å². The van der Waals surface area contributed by atoms with Gasteiger partial charge in [-0.25, -0.2) is 0 Å². The summed E-state index contributed by atoms with van der Waals surface area (Å²) >= 11 is 0. The lowest BCUT2D eigenvalue weighted by Crippen LogP contribution is -2.46. The lowest BCUT2D eigenvalue weighted by Gasteiger charge is -2.24. The van der Waals surface area contributed by atoms with Crippen LogP contribution < -0.4 is 10.6 Å². The number of carbonyl (C=O) groups is 1. The van der Waals surface area contributed by atoms with Gasteiger partial charge >= 0.3 is 0 Å². The van der Waals surface area contributed by atoms with E-state index in [1.165, 1.54) is 19.3 Å². The Morgan fingerprint density at radius 3 is 2.89 bits per heavy atom. The van der Waals surface area contributed by atoms with Crippen LogP contribution in [0, 0.1) is 0 Å². The fourth-order valence-corrected chi connectivity index (χ4v) is 2.33. The van der Waals surface area contributed by atoms with Crippen LogP contribution in [0.1, 0.15) is 44.8 Å². The normalized spacial score (nSPS) is 18.5. The topological polar surface area (TPSA) is 54.3 Å². The van der Waals surface area contributed by atoms with Crippen LogP contribution in [-0.2, 0) is 11.3 Å². The molecule has 0 aliphatic heterocycles. The molecule has 0 spiro atoms. The van der Waals surface area contributed by atoms with Crippen molar-refractivity contribution >= 4 is 5.91 Å². The minimum Gasteiger partial charge on any atom is -0.468 e. The van der Waals surface area contributed by atoms with Crippen LogP contribution in [0.2, 0.25) is 0 Å². The van der Waals surface area contributed by atoms with Gasteiger partial charge in [0.2, 0.25) is 5.91 Å². The number of nitrogens with one attached hydrogen (secondary N) is 2. The summed E-state index contributed by atoms with van der Waals surface area (Å²) in [4.78, 5) is 12.0. The summed E-state index contributed by atoms with van der Waals surface area (Å²) in [7, 11) is 0. The molecule has 1 aliphatic rings. The van der Waals surface area contributed by atoms with E-state index in [4.69, 9.17) is 4.42 Å². The molecule has 0 saturated heterocycles. The van der Waals surface area contributed by atoms with Crippen molar-refractivity contribution in [2.45, 2.75) is 57.7 Å². The summed E-state index contributed by atoms with van der Waals surface area (Å²) < 4.78 is 5.22. The highest BCUT2D eigenvalue weighted by Crippen LogP contribution is 2.17. The van der Waals surface area contributed by atoms with E-state index in [2.05, 4.69) is 10.6 Å². The van der Waals surface area contributed by atoms with E-state index >= 15 is 0 Å². The van der Waals surface area contributed by atoms with Crippen LogP contribution in [0.4, 0.5) is 0 Å². The maximum Gasteiger partial charge on any atom is 0.237 e. The molecule has 1 amide bonds. The Morgan fingerprint density at radius 2 is 2.22 bits per heavy atom. The molecule has 0 bridgehead atoms. The van der Waals surface area contributed by atoms with E-state index in [0.717, 1.165) is 18.6 Å². The van der Waals surface area contributed by atoms with Crippen LogP contribution in [0.25, 0.3) is 0 Å². The third-order valence-electron chi connectivity index (χ3n) is 3.51. The molecule has 4 nitrogen and oxygen atoms in total. The summed E-state index contributed by atoms with van der Waals surface area (Å²) in [6.45, 7) is 2.48. The average molecular weight is 250 g/mol. The molecule has 4 heteroatoms. The summed E-state index contributed by atoms with van der Waals surface area (Å²) in [5.74, 6) is 0.945. The van der Waals surface area contributed by atoms with E-state index in [0.29, 0.717) is 12.6 Å². The molecule has 1 atom stereocenters. The van der Waals surface area contributed by atoms with Crippen LogP contribution in [0.5, 0.6) is 0 Å². The molecule has 1 saturated carbocycles. The second-order valence-corrected chi connectivity index (χ2v) is 5.03. The Balaban J connectivity index is 1.70. The van der Waals surface area contributed by atoms with Gasteiger partial charge in [0.25, 0.3) is 0 Å².